The molecule has 1 aliphatic rings. The summed E-state index contributed by atoms with van der Waals surface area (Å²) in [5.41, 5.74) is 5.44. The summed E-state index contributed by atoms with van der Waals surface area (Å²) in [6, 6.07) is 23.6. The Hall–Kier alpha value is -4.37. The van der Waals surface area contributed by atoms with E-state index in [4.69, 9.17) is 10.00 Å². The zero-order valence-corrected chi connectivity index (χ0v) is 23.6. The molecule has 0 saturated carbocycles. The van der Waals surface area contributed by atoms with Crippen LogP contribution in [-0.2, 0) is 9.53 Å². The lowest BCUT2D eigenvalue weighted by molar-refractivity contribution is -0.145. The van der Waals surface area contributed by atoms with Crippen LogP contribution in [0.3, 0.4) is 0 Å². The first-order chi connectivity index (χ1) is 19.3. The number of hydrogen-bond donors (Lipinski definition) is 0. The van der Waals surface area contributed by atoms with E-state index < -0.39 is 0 Å². The summed E-state index contributed by atoms with van der Waals surface area (Å²) in [5, 5.41) is 10.7. The van der Waals surface area contributed by atoms with Crippen molar-refractivity contribution in [1.82, 2.24) is 4.57 Å². The van der Waals surface area contributed by atoms with Crippen LogP contribution in [0, 0.1) is 36.0 Å². The van der Waals surface area contributed by atoms with Crippen molar-refractivity contribution in [2.75, 3.05) is 24.6 Å². The molecular weight excluding hydrogens is 498 g/mol. The van der Waals surface area contributed by atoms with Crippen molar-refractivity contribution < 1.29 is 9.53 Å². The standard InChI is InChI=1S/C34H35N3O3/c1-5-40-32(38)17-31-22(2)19-36(20-23(31)3)27-13-15-28(16-14-27)37-21-24(4)33-29(7-6-8-30(33)34(37)39)26-11-9-25(18-35)10-12-26/h6-16,21-23,31H,5,17,19-20H2,1-4H3/t22-,23-/m1/s1. The molecule has 1 aromatic heterocycles. The Morgan fingerprint density at radius 3 is 2.25 bits per heavy atom. The summed E-state index contributed by atoms with van der Waals surface area (Å²) in [5.74, 6) is 0.930. The molecule has 6 nitrogen and oxygen atoms in total. The Labute approximate surface area is 235 Å². The van der Waals surface area contributed by atoms with E-state index in [0.29, 0.717) is 41.7 Å². The Kier molecular flexibility index (Phi) is 7.75. The van der Waals surface area contributed by atoms with Gasteiger partial charge in [-0.1, -0.05) is 38.1 Å². The average Bonchev–Trinajstić information content (AvgIpc) is 2.96. The summed E-state index contributed by atoms with van der Waals surface area (Å²) in [6.45, 7) is 10.5. The van der Waals surface area contributed by atoms with Gasteiger partial charge < -0.3 is 9.64 Å². The van der Waals surface area contributed by atoms with E-state index in [1.54, 1.807) is 16.7 Å². The maximum Gasteiger partial charge on any atom is 0.306 e. The molecule has 6 heteroatoms. The molecule has 1 fully saturated rings. The second-order valence-corrected chi connectivity index (χ2v) is 11.0. The minimum Gasteiger partial charge on any atom is -0.466 e. The van der Waals surface area contributed by atoms with E-state index in [0.717, 1.165) is 46.5 Å². The van der Waals surface area contributed by atoms with E-state index in [-0.39, 0.29) is 11.5 Å². The highest BCUT2D eigenvalue weighted by Crippen LogP contribution is 2.34. The number of pyridine rings is 1. The van der Waals surface area contributed by atoms with Gasteiger partial charge >= 0.3 is 5.97 Å². The smallest absolute Gasteiger partial charge is 0.306 e. The van der Waals surface area contributed by atoms with E-state index in [9.17, 15) is 9.59 Å². The summed E-state index contributed by atoms with van der Waals surface area (Å²) in [7, 11) is 0. The van der Waals surface area contributed by atoms with Gasteiger partial charge in [0.2, 0.25) is 0 Å². The molecule has 0 spiro atoms. The number of piperidine rings is 1. The molecule has 0 radical (unpaired) electrons. The summed E-state index contributed by atoms with van der Waals surface area (Å²) in [4.78, 5) is 28.2. The number of fused-ring (bicyclic) bond motifs is 1. The van der Waals surface area contributed by atoms with Gasteiger partial charge in [0.25, 0.3) is 5.56 Å². The largest absolute Gasteiger partial charge is 0.466 e. The molecule has 0 unspecified atom stereocenters. The van der Waals surface area contributed by atoms with Crippen LogP contribution < -0.4 is 10.5 Å². The monoisotopic (exact) mass is 533 g/mol. The number of ether oxygens (including phenoxy) is 1. The van der Waals surface area contributed by atoms with E-state index in [1.165, 1.54) is 0 Å². The number of hydrogen-bond acceptors (Lipinski definition) is 5. The third-order valence-electron chi connectivity index (χ3n) is 8.24. The van der Waals surface area contributed by atoms with Crippen LogP contribution in [0.1, 0.15) is 38.3 Å². The molecule has 0 N–H and O–H groups in total. The van der Waals surface area contributed by atoms with Crippen LogP contribution >= 0.6 is 0 Å². The van der Waals surface area contributed by atoms with Crippen molar-refractivity contribution in [1.29, 1.82) is 5.26 Å². The molecule has 5 rings (SSSR count). The number of aromatic nitrogens is 1. The van der Waals surface area contributed by atoms with Crippen LogP contribution in [0.15, 0.2) is 77.7 Å². The van der Waals surface area contributed by atoms with Crippen molar-refractivity contribution in [2.45, 2.75) is 34.1 Å². The first kappa shape index (κ1) is 27.2. The number of rotatable bonds is 6. The highest BCUT2D eigenvalue weighted by molar-refractivity contribution is 5.98. The van der Waals surface area contributed by atoms with Crippen molar-refractivity contribution in [3.05, 3.63) is 94.4 Å². The van der Waals surface area contributed by atoms with Gasteiger partial charge in [-0.25, -0.2) is 0 Å². The molecular formula is C34H35N3O3. The van der Waals surface area contributed by atoms with E-state index >= 15 is 0 Å². The lowest BCUT2D eigenvalue weighted by atomic mass is 9.77. The third-order valence-corrected chi connectivity index (χ3v) is 8.24. The van der Waals surface area contributed by atoms with Gasteiger partial charge in [0.15, 0.2) is 0 Å². The topological polar surface area (TPSA) is 75.3 Å². The fraction of sp³-hybridized carbons (Fsp3) is 0.324. The quantitative estimate of drug-likeness (QED) is 0.265. The molecule has 204 valence electrons. The van der Waals surface area contributed by atoms with Gasteiger partial charge in [-0.15, -0.1) is 0 Å². The SMILES string of the molecule is CCOC(=O)CC1[C@H](C)CN(c2ccc(-n3cc(C)c4c(-c5ccc(C#N)cc5)cccc4c3=O)cc2)C[C@H]1C. The van der Waals surface area contributed by atoms with Crippen LogP contribution in [0.25, 0.3) is 27.6 Å². The number of anilines is 1. The second kappa shape index (κ2) is 11.4. The van der Waals surface area contributed by atoms with Crippen LogP contribution in [0.2, 0.25) is 0 Å². The Bertz CT molecular complexity index is 1620. The van der Waals surface area contributed by atoms with Crippen LogP contribution in [0.5, 0.6) is 0 Å². The Balaban J connectivity index is 1.41. The molecule has 4 aromatic rings. The van der Waals surface area contributed by atoms with Crippen molar-refractivity contribution in [3.63, 3.8) is 0 Å². The number of carbonyl (C=O) groups excluding carboxylic acids is 1. The molecule has 1 saturated heterocycles. The normalized spacial score (nSPS) is 17.5. The number of esters is 1. The fourth-order valence-corrected chi connectivity index (χ4v) is 6.21. The van der Waals surface area contributed by atoms with E-state index in [1.807, 2.05) is 62.5 Å². The first-order valence-corrected chi connectivity index (χ1v) is 14.0. The van der Waals surface area contributed by atoms with Gasteiger partial charge in [0, 0.05) is 42.5 Å². The predicted octanol–water partition coefficient (Wildman–Crippen LogP) is 6.50. The Morgan fingerprint density at radius 2 is 1.62 bits per heavy atom. The van der Waals surface area contributed by atoms with Gasteiger partial charge in [-0.05, 0) is 96.1 Å². The fourth-order valence-electron chi connectivity index (χ4n) is 6.21. The van der Waals surface area contributed by atoms with Crippen molar-refractivity contribution >= 4 is 22.4 Å². The number of benzene rings is 3. The van der Waals surface area contributed by atoms with Gasteiger partial charge in [0.05, 0.1) is 18.2 Å². The number of nitrogens with zero attached hydrogens (tertiary/aromatic N) is 3. The molecule has 1 aliphatic heterocycles. The first-order valence-electron chi connectivity index (χ1n) is 14.0. The number of nitriles is 1. The maximum atomic E-state index is 13.7. The van der Waals surface area contributed by atoms with Crippen molar-refractivity contribution in [2.24, 2.45) is 17.8 Å². The molecule has 0 aliphatic carbocycles. The highest BCUT2D eigenvalue weighted by atomic mass is 16.5. The number of carbonyl (C=O) groups is 1. The highest BCUT2D eigenvalue weighted by Gasteiger charge is 2.33. The van der Waals surface area contributed by atoms with Crippen molar-refractivity contribution in [3.8, 4) is 22.9 Å². The Morgan fingerprint density at radius 1 is 0.975 bits per heavy atom. The third kappa shape index (κ3) is 5.24. The average molecular weight is 534 g/mol. The summed E-state index contributed by atoms with van der Waals surface area (Å²) in [6.07, 6.45) is 2.39. The minimum absolute atomic E-state index is 0.0640. The predicted molar refractivity (Wildman–Crippen MR) is 160 cm³/mol. The number of aryl methyl sites for hydroxylation is 1. The van der Waals surface area contributed by atoms with Crippen LogP contribution in [0.4, 0.5) is 5.69 Å². The minimum atomic E-state index is -0.107. The molecule has 3 aromatic carbocycles. The molecule has 40 heavy (non-hydrogen) atoms. The zero-order chi connectivity index (χ0) is 28.4. The molecule has 2 heterocycles. The molecule has 2 atom stereocenters. The molecule has 0 bridgehead atoms. The summed E-state index contributed by atoms with van der Waals surface area (Å²) >= 11 is 0. The van der Waals surface area contributed by atoms with E-state index in [2.05, 4.69) is 36.9 Å². The zero-order valence-electron chi connectivity index (χ0n) is 23.6. The van der Waals surface area contributed by atoms with Gasteiger partial charge in [0.1, 0.15) is 0 Å². The van der Waals surface area contributed by atoms with Gasteiger partial charge in [-0.2, -0.15) is 5.26 Å². The maximum absolute atomic E-state index is 13.7. The van der Waals surface area contributed by atoms with Gasteiger partial charge in [-0.3, -0.25) is 14.2 Å². The second-order valence-electron chi connectivity index (χ2n) is 11.0. The summed E-state index contributed by atoms with van der Waals surface area (Å²) < 4.78 is 6.92. The molecule has 0 amide bonds. The lowest BCUT2D eigenvalue weighted by Gasteiger charge is -2.42. The van der Waals surface area contributed by atoms with Crippen LogP contribution in [-0.4, -0.2) is 30.2 Å². The lowest BCUT2D eigenvalue weighted by Crippen LogP contribution is -2.45.